The molecule has 0 amide bonds. The zero-order valence-electron chi connectivity index (χ0n) is 23.8. The summed E-state index contributed by atoms with van der Waals surface area (Å²) in [5, 5.41) is 14.0. The van der Waals surface area contributed by atoms with Crippen molar-refractivity contribution in [3.05, 3.63) is 82.8 Å². The first-order valence-corrected chi connectivity index (χ1v) is 18.4. The van der Waals surface area contributed by atoms with Gasteiger partial charge >= 0.3 is 0 Å². The van der Waals surface area contributed by atoms with Crippen molar-refractivity contribution in [2.24, 2.45) is 5.92 Å². The molecule has 1 fully saturated rings. The smallest absolute Gasteiger partial charge is 0.232 e. The van der Waals surface area contributed by atoms with E-state index in [1.165, 1.54) is 18.3 Å². The van der Waals surface area contributed by atoms with Gasteiger partial charge in [-0.25, -0.2) is 12.8 Å². The Morgan fingerprint density at radius 2 is 1.93 bits per heavy atom. The molecule has 0 atom stereocenters. The van der Waals surface area contributed by atoms with Crippen molar-refractivity contribution in [2.45, 2.75) is 26.4 Å². The molecule has 4 aromatic rings. The predicted molar refractivity (Wildman–Crippen MR) is 178 cm³/mol. The molecule has 1 aromatic heterocycles. The summed E-state index contributed by atoms with van der Waals surface area (Å²) in [7, 11) is 0.00547. The summed E-state index contributed by atoms with van der Waals surface area (Å²) in [4.78, 5) is 4.42. The van der Waals surface area contributed by atoms with Crippen LogP contribution >= 0.6 is 33.2 Å². The monoisotopic (exact) mass is 672 g/mol. The lowest BCUT2D eigenvalue weighted by Gasteiger charge is -2.17. The average molecular weight is 673 g/mol. The number of nitrogens with one attached hydrogen (secondary N) is 2. The van der Waals surface area contributed by atoms with E-state index in [1.54, 1.807) is 42.5 Å². The number of sulfonamides is 1. The number of rotatable bonds is 13. The molecular formula is C31H30ClFN4O4S3. The number of anilines is 3. The van der Waals surface area contributed by atoms with Gasteiger partial charge in [0.25, 0.3) is 0 Å². The second-order valence-electron chi connectivity index (χ2n) is 10.1. The second kappa shape index (κ2) is 14.6. The van der Waals surface area contributed by atoms with E-state index in [0.29, 0.717) is 63.3 Å². The number of nitrogens with zero attached hydrogens (tertiary/aromatic N) is 2. The topological polar surface area (TPSA) is 113 Å². The van der Waals surface area contributed by atoms with E-state index in [4.69, 9.17) is 21.1 Å². The number of aromatic nitrogens is 1. The minimum Gasteiger partial charge on any atom is -0.492 e. The standard InChI is InChI=1S/C31H30ClFN4O4S3/c1-2-40-30-14-27-25(13-28(30)37-44(38,39)10-4-6-21-18-42-43-19-21)31(22(15-34)16-35-27)36-24-8-9-29(26(32)12-24)41-17-20-5-3-7-23(33)11-20/h3,5,7-9,11-14,16,21,37H,2,4,6,10,17-19H2,1H3,(H,35,36). The molecule has 5 rings (SSSR count). The molecule has 2 N–H and O–H groups in total. The van der Waals surface area contributed by atoms with Gasteiger partial charge in [0, 0.05) is 34.8 Å². The number of hydrogen-bond acceptors (Lipinski definition) is 9. The lowest BCUT2D eigenvalue weighted by atomic mass is 10.1. The van der Waals surface area contributed by atoms with Gasteiger partial charge in [0.1, 0.15) is 30.0 Å². The fourth-order valence-electron chi connectivity index (χ4n) is 4.71. The van der Waals surface area contributed by atoms with Crippen molar-refractivity contribution >= 4 is 71.2 Å². The molecule has 0 spiro atoms. The van der Waals surface area contributed by atoms with E-state index in [2.05, 4.69) is 21.1 Å². The van der Waals surface area contributed by atoms with Crippen molar-refractivity contribution in [1.82, 2.24) is 4.98 Å². The molecule has 0 radical (unpaired) electrons. The lowest BCUT2D eigenvalue weighted by molar-refractivity contribution is 0.306. The maximum atomic E-state index is 13.5. The number of hydrogen-bond donors (Lipinski definition) is 2. The van der Waals surface area contributed by atoms with Gasteiger partial charge in [0.2, 0.25) is 10.0 Å². The molecule has 1 saturated heterocycles. The van der Waals surface area contributed by atoms with Gasteiger partial charge in [0.05, 0.1) is 39.8 Å². The van der Waals surface area contributed by atoms with Crippen LogP contribution in [-0.4, -0.2) is 37.3 Å². The summed E-state index contributed by atoms with van der Waals surface area (Å²) in [6.07, 6.45) is 2.87. The van der Waals surface area contributed by atoms with Gasteiger partial charge in [-0.05, 0) is 67.6 Å². The molecule has 0 saturated carbocycles. The van der Waals surface area contributed by atoms with Gasteiger partial charge < -0.3 is 14.8 Å². The fourth-order valence-corrected chi connectivity index (χ4v) is 9.11. The maximum absolute atomic E-state index is 13.5. The van der Waals surface area contributed by atoms with Crippen molar-refractivity contribution in [2.75, 3.05) is 33.9 Å². The number of fused-ring (bicyclic) bond motifs is 1. The number of pyridine rings is 1. The molecule has 2 heterocycles. The molecule has 8 nitrogen and oxygen atoms in total. The second-order valence-corrected chi connectivity index (χ2v) is 14.9. The summed E-state index contributed by atoms with van der Waals surface area (Å²) < 4.78 is 54.0. The minimum atomic E-state index is -3.66. The van der Waals surface area contributed by atoms with Crippen LogP contribution in [0.15, 0.2) is 60.8 Å². The summed E-state index contributed by atoms with van der Waals surface area (Å²) in [5.41, 5.74) is 2.69. The van der Waals surface area contributed by atoms with Crippen molar-refractivity contribution in [3.63, 3.8) is 0 Å². The lowest BCUT2D eigenvalue weighted by Crippen LogP contribution is -2.18. The van der Waals surface area contributed by atoms with E-state index >= 15 is 0 Å². The van der Waals surface area contributed by atoms with E-state index in [1.807, 2.05) is 28.5 Å². The first-order chi connectivity index (χ1) is 21.2. The van der Waals surface area contributed by atoms with Gasteiger partial charge in [-0.3, -0.25) is 9.71 Å². The van der Waals surface area contributed by atoms with Crippen LogP contribution in [0.4, 0.5) is 21.5 Å². The van der Waals surface area contributed by atoms with Crippen LogP contribution in [0.5, 0.6) is 11.5 Å². The molecule has 1 aliphatic heterocycles. The zero-order valence-corrected chi connectivity index (χ0v) is 27.0. The largest absolute Gasteiger partial charge is 0.492 e. The molecule has 0 aliphatic carbocycles. The van der Waals surface area contributed by atoms with E-state index in [9.17, 15) is 18.1 Å². The van der Waals surface area contributed by atoms with Crippen LogP contribution in [0.3, 0.4) is 0 Å². The van der Waals surface area contributed by atoms with Crippen molar-refractivity contribution in [1.29, 1.82) is 5.26 Å². The molecule has 0 unspecified atom stereocenters. The van der Waals surface area contributed by atoms with Gasteiger partial charge in [-0.2, -0.15) is 5.26 Å². The summed E-state index contributed by atoms with van der Waals surface area (Å²) in [6, 6.07) is 16.6. The van der Waals surface area contributed by atoms with Crippen LogP contribution in [0.25, 0.3) is 10.9 Å². The molecule has 1 aliphatic rings. The predicted octanol–water partition coefficient (Wildman–Crippen LogP) is 8.15. The molecule has 13 heteroatoms. The van der Waals surface area contributed by atoms with Gasteiger partial charge in [-0.1, -0.05) is 45.3 Å². The molecule has 0 bridgehead atoms. The number of benzene rings is 3. The maximum Gasteiger partial charge on any atom is 0.232 e. The quantitative estimate of drug-likeness (QED) is 0.136. The number of halogens is 2. The van der Waals surface area contributed by atoms with Crippen molar-refractivity contribution in [3.8, 4) is 17.6 Å². The highest BCUT2D eigenvalue weighted by Gasteiger charge is 2.21. The molecule has 44 heavy (non-hydrogen) atoms. The summed E-state index contributed by atoms with van der Waals surface area (Å²) in [6.45, 7) is 2.27. The first-order valence-electron chi connectivity index (χ1n) is 13.9. The first kappa shape index (κ1) is 32.0. The SMILES string of the molecule is CCOc1cc2ncc(C#N)c(Nc3ccc(OCc4cccc(F)c4)c(Cl)c3)c2cc1NS(=O)(=O)CCCC1CSSC1. The van der Waals surface area contributed by atoms with Crippen LogP contribution in [0.2, 0.25) is 5.02 Å². The van der Waals surface area contributed by atoms with Crippen LogP contribution < -0.4 is 19.5 Å². The number of ether oxygens (including phenoxy) is 2. The minimum absolute atomic E-state index is 0.00381. The third-order valence-electron chi connectivity index (χ3n) is 6.86. The Morgan fingerprint density at radius 3 is 2.66 bits per heavy atom. The van der Waals surface area contributed by atoms with Crippen LogP contribution in [0, 0.1) is 23.1 Å². The Bertz CT molecular complexity index is 1800. The Hall–Kier alpha value is -3.37. The van der Waals surface area contributed by atoms with Gasteiger partial charge in [-0.15, -0.1) is 0 Å². The fraction of sp³-hybridized carbons (Fsp3) is 0.290. The van der Waals surface area contributed by atoms with E-state index < -0.39 is 10.0 Å². The highest BCUT2D eigenvalue weighted by Crippen LogP contribution is 2.39. The van der Waals surface area contributed by atoms with Crippen LogP contribution in [-0.2, 0) is 16.6 Å². The Balaban J connectivity index is 1.40. The molecule has 230 valence electrons. The van der Waals surface area contributed by atoms with Crippen LogP contribution in [0.1, 0.15) is 30.9 Å². The normalized spacial score (nSPS) is 13.5. The highest BCUT2D eigenvalue weighted by atomic mass is 35.5. The summed E-state index contributed by atoms with van der Waals surface area (Å²) in [5.74, 6) is 3.04. The third kappa shape index (κ3) is 8.21. The zero-order chi connectivity index (χ0) is 31.1. The average Bonchev–Trinajstić information content (AvgIpc) is 3.51. The van der Waals surface area contributed by atoms with E-state index in [0.717, 1.165) is 17.9 Å². The summed E-state index contributed by atoms with van der Waals surface area (Å²) >= 11 is 6.51. The van der Waals surface area contributed by atoms with E-state index in [-0.39, 0.29) is 29.4 Å². The Kier molecular flexibility index (Phi) is 10.6. The number of nitriles is 1. The molecular weight excluding hydrogens is 643 g/mol. The molecule has 3 aromatic carbocycles. The highest BCUT2D eigenvalue weighted by molar-refractivity contribution is 8.77. The third-order valence-corrected chi connectivity index (χ3v) is 11.2. The Labute approximate surface area is 269 Å². The van der Waals surface area contributed by atoms with Crippen molar-refractivity contribution < 1.29 is 22.3 Å². The Morgan fingerprint density at radius 1 is 1.11 bits per heavy atom. The van der Waals surface area contributed by atoms with Gasteiger partial charge in [0.15, 0.2) is 0 Å².